The fourth-order valence-corrected chi connectivity index (χ4v) is 4.50. The molecule has 0 amide bonds. The number of fused-ring (bicyclic) bond motifs is 3. The van der Waals surface area contributed by atoms with Gasteiger partial charge in [0.1, 0.15) is 6.10 Å². The fourth-order valence-electron chi connectivity index (χ4n) is 4.50. The topological polar surface area (TPSA) is 78.9 Å². The highest BCUT2D eigenvalue weighted by Gasteiger charge is 2.68. The molecule has 0 radical (unpaired) electrons. The smallest absolute Gasteiger partial charge is 0.323 e. The maximum Gasteiger partial charge on any atom is 0.323 e. The number of carbonyl (C=O) groups is 3. The molecular formula is C14H18O6. The van der Waals surface area contributed by atoms with E-state index < -0.39 is 17.4 Å². The lowest BCUT2D eigenvalue weighted by Crippen LogP contribution is -2.48. The highest BCUT2D eigenvalue weighted by molar-refractivity contribution is 6.01. The van der Waals surface area contributed by atoms with E-state index in [4.69, 9.17) is 14.2 Å². The molecular weight excluding hydrogens is 264 g/mol. The van der Waals surface area contributed by atoms with E-state index in [-0.39, 0.29) is 29.8 Å². The molecule has 110 valence electrons. The van der Waals surface area contributed by atoms with Gasteiger partial charge in [-0.25, -0.2) is 0 Å². The third kappa shape index (κ3) is 1.53. The van der Waals surface area contributed by atoms with Crippen molar-refractivity contribution >= 4 is 17.9 Å². The molecule has 1 heterocycles. The first-order chi connectivity index (χ1) is 9.54. The molecule has 4 atom stereocenters. The van der Waals surface area contributed by atoms with Crippen LogP contribution in [-0.2, 0) is 28.6 Å². The van der Waals surface area contributed by atoms with Crippen LogP contribution >= 0.6 is 0 Å². The molecule has 0 N–H and O–H groups in total. The molecule has 20 heavy (non-hydrogen) atoms. The van der Waals surface area contributed by atoms with Gasteiger partial charge >= 0.3 is 17.9 Å². The van der Waals surface area contributed by atoms with Gasteiger partial charge in [0, 0.05) is 11.8 Å². The third-order valence-electron chi connectivity index (χ3n) is 5.21. The Bertz CT molecular complexity index is 454. The number of esters is 3. The lowest BCUT2D eigenvalue weighted by atomic mass is 9.74. The zero-order valence-electron chi connectivity index (χ0n) is 11.6. The van der Waals surface area contributed by atoms with Gasteiger partial charge in [0.2, 0.25) is 0 Å². The van der Waals surface area contributed by atoms with Gasteiger partial charge in [0.25, 0.3) is 0 Å². The van der Waals surface area contributed by atoms with Crippen molar-refractivity contribution in [2.24, 2.45) is 23.2 Å². The molecule has 0 unspecified atom stereocenters. The Morgan fingerprint density at radius 3 is 2.45 bits per heavy atom. The van der Waals surface area contributed by atoms with E-state index in [0.717, 1.165) is 12.8 Å². The van der Waals surface area contributed by atoms with Gasteiger partial charge in [-0.05, 0) is 25.2 Å². The Morgan fingerprint density at radius 2 is 1.85 bits per heavy atom. The molecule has 6 heteroatoms. The highest BCUT2D eigenvalue weighted by Crippen LogP contribution is 2.60. The van der Waals surface area contributed by atoms with Crippen LogP contribution in [-0.4, -0.2) is 38.2 Å². The number of hydrogen-bond donors (Lipinski definition) is 0. The van der Waals surface area contributed by atoms with E-state index in [1.54, 1.807) is 0 Å². The van der Waals surface area contributed by atoms with E-state index in [0.29, 0.717) is 12.8 Å². The molecule has 3 aliphatic rings. The molecule has 0 aromatic rings. The van der Waals surface area contributed by atoms with Crippen LogP contribution in [0.4, 0.5) is 0 Å². The number of carbonyl (C=O) groups excluding carboxylic acids is 3. The summed E-state index contributed by atoms with van der Waals surface area (Å²) < 4.78 is 15.1. The summed E-state index contributed by atoms with van der Waals surface area (Å²) in [5, 5.41) is 0. The summed E-state index contributed by atoms with van der Waals surface area (Å²) in [7, 11) is 2.54. The Labute approximate surface area is 116 Å². The van der Waals surface area contributed by atoms with Crippen molar-refractivity contribution in [3.8, 4) is 0 Å². The second kappa shape index (κ2) is 4.46. The molecule has 1 aliphatic heterocycles. The number of hydrogen-bond acceptors (Lipinski definition) is 6. The van der Waals surface area contributed by atoms with Crippen molar-refractivity contribution in [3.63, 3.8) is 0 Å². The molecule has 2 saturated carbocycles. The lowest BCUT2D eigenvalue weighted by molar-refractivity contribution is -0.177. The molecule has 0 aromatic carbocycles. The number of rotatable bonds is 2. The Balaban J connectivity index is 2.00. The Kier molecular flexibility index (Phi) is 2.99. The molecule has 3 fully saturated rings. The minimum atomic E-state index is -1.31. The van der Waals surface area contributed by atoms with Crippen LogP contribution in [0.25, 0.3) is 0 Å². The SMILES string of the molecule is COC(=O)C1(C(=O)OC)CC[C@H]2C[C@@H]3CC(=O)O[C@@H]3[C@H]21. The highest BCUT2D eigenvalue weighted by atomic mass is 16.6. The standard InChI is InChI=1S/C14H18O6/c1-18-12(16)14(13(17)19-2)4-3-7-5-8-6-9(15)20-11(8)10(7)14/h7-8,10-11H,3-6H2,1-2H3/t7-,8+,10-,11-/m0/s1. The van der Waals surface area contributed by atoms with Crippen LogP contribution in [0.5, 0.6) is 0 Å². The van der Waals surface area contributed by atoms with Crippen LogP contribution in [0.1, 0.15) is 25.7 Å². The third-order valence-corrected chi connectivity index (χ3v) is 5.21. The van der Waals surface area contributed by atoms with Crippen molar-refractivity contribution in [2.75, 3.05) is 14.2 Å². The van der Waals surface area contributed by atoms with E-state index in [1.165, 1.54) is 14.2 Å². The molecule has 6 nitrogen and oxygen atoms in total. The summed E-state index contributed by atoms with van der Waals surface area (Å²) in [6.07, 6.45) is 2.03. The summed E-state index contributed by atoms with van der Waals surface area (Å²) in [5.41, 5.74) is -1.31. The summed E-state index contributed by atoms with van der Waals surface area (Å²) >= 11 is 0. The summed E-state index contributed by atoms with van der Waals surface area (Å²) in [6.45, 7) is 0. The first kappa shape index (κ1) is 13.4. The van der Waals surface area contributed by atoms with Crippen molar-refractivity contribution in [2.45, 2.75) is 31.8 Å². The zero-order chi connectivity index (χ0) is 14.5. The average Bonchev–Trinajstić information content (AvgIpc) is 3.06. The van der Waals surface area contributed by atoms with Crippen LogP contribution in [0, 0.1) is 23.2 Å². The van der Waals surface area contributed by atoms with E-state index in [2.05, 4.69) is 0 Å². The zero-order valence-corrected chi connectivity index (χ0v) is 11.6. The van der Waals surface area contributed by atoms with Gasteiger partial charge in [-0.3, -0.25) is 14.4 Å². The maximum atomic E-state index is 12.3. The van der Waals surface area contributed by atoms with Crippen molar-refractivity contribution in [1.29, 1.82) is 0 Å². The van der Waals surface area contributed by atoms with Gasteiger partial charge < -0.3 is 14.2 Å². The maximum absolute atomic E-state index is 12.3. The molecule has 3 rings (SSSR count). The molecule has 1 saturated heterocycles. The van der Waals surface area contributed by atoms with Crippen LogP contribution in [0.15, 0.2) is 0 Å². The predicted octanol–water partition coefficient (Wildman–Crippen LogP) is 0.680. The normalized spacial score (nSPS) is 37.0. The van der Waals surface area contributed by atoms with Gasteiger partial charge in [-0.2, -0.15) is 0 Å². The minimum Gasteiger partial charge on any atom is -0.468 e. The van der Waals surface area contributed by atoms with E-state index >= 15 is 0 Å². The Morgan fingerprint density at radius 1 is 1.20 bits per heavy atom. The van der Waals surface area contributed by atoms with Crippen molar-refractivity contribution in [3.05, 3.63) is 0 Å². The lowest BCUT2D eigenvalue weighted by Gasteiger charge is -2.32. The molecule has 0 spiro atoms. The van der Waals surface area contributed by atoms with Crippen molar-refractivity contribution in [1.82, 2.24) is 0 Å². The van der Waals surface area contributed by atoms with Gasteiger partial charge in [0.05, 0.1) is 20.6 Å². The average molecular weight is 282 g/mol. The fraction of sp³-hybridized carbons (Fsp3) is 0.786. The van der Waals surface area contributed by atoms with Gasteiger partial charge in [-0.1, -0.05) is 0 Å². The first-order valence-corrected chi connectivity index (χ1v) is 6.91. The summed E-state index contributed by atoms with van der Waals surface area (Å²) in [4.78, 5) is 36.1. The minimum absolute atomic E-state index is 0.117. The van der Waals surface area contributed by atoms with Crippen molar-refractivity contribution < 1.29 is 28.6 Å². The van der Waals surface area contributed by atoms with Crippen LogP contribution in [0.3, 0.4) is 0 Å². The number of ether oxygens (including phenoxy) is 3. The largest absolute Gasteiger partial charge is 0.468 e. The van der Waals surface area contributed by atoms with E-state index in [9.17, 15) is 14.4 Å². The second-order valence-electron chi connectivity index (χ2n) is 5.93. The van der Waals surface area contributed by atoms with Crippen LogP contribution < -0.4 is 0 Å². The molecule has 0 aromatic heterocycles. The Hall–Kier alpha value is -1.59. The predicted molar refractivity (Wildman–Crippen MR) is 65.3 cm³/mol. The van der Waals surface area contributed by atoms with Crippen LogP contribution in [0.2, 0.25) is 0 Å². The van der Waals surface area contributed by atoms with Gasteiger partial charge in [0.15, 0.2) is 5.41 Å². The number of methoxy groups -OCH3 is 2. The monoisotopic (exact) mass is 282 g/mol. The molecule has 2 aliphatic carbocycles. The quantitative estimate of drug-likeness (QED) is 0.421. The van der Waals surface area contributed by atoms with Gasteiger partial charge in [-0.15, -0.1) is 0 Å². The first-order valence-electron chi connectivity index (χ1n) is 6.91. The summed E-state index contributed by atoms with van der Waals surface area (Å²) in [6, 6.07) is 0. The molecule has 0 bridgehead atoms. The summed E-state index contributed by atoms with van der Waals surface area (Å²) in [5.74, 6) is -1.35. The van der Waals surface area contributed by atoms with E-state index in [1.807, 2.05) is 0 Å². The second-order valence-corrected chi connectivity index (χ2v) is 5.93.